The molecule has 0 aliphatic heterocycles. The number of aliphatic hydroxyl groups is 6. The minimum atomic E-state index is -0.0593. The van der Waals surface area contributed by atoms with E-state index in [2.05, 4.69) is 283 Å². The maximum atomic E-state index is 8.10. The predicted octanol–water partition coefficient (Wildman–Crippen LogP) is 28.9. The van der Waals surface area contributed by atoms with E-state index in [4.69, 9.17) is 30.6 Å². The Morgan fingerprint density at radius 1 is 0.370 bits per heavy atom. The van der Waals surface area contributed by atoms with Crippen molar-refractivity contribution in [2.24, 2.45) is 32.5 Å². The van der Waals surface area contributed by atoms with Crippen LogP contribution in [0.1, 0.15) is 259 Å². The van der Waals surface area contributed by atoms with Crippen molar-refractivity contribution in [2.45, 2.75) is 271 Å². The van der Waals surface area contributed by atoms with E-state index in [0.29, 0.717) is 71.0 Å². The SMILES string of the molecule is C=C(O)C[CH2-].C=C(O)C[CH2-].C=C(O)C[CH2-].C=C(O)C[CH2-].C=C(O)C[CH2-].C=C(O)C[CH2-].CC(C)(C)C(C)(C)C.CC(C)(C)C(C)(C)C.CC(C)(C)C(C)(C)C.[CH2-]CCCP.[CH2-]CCP.[CH2-]CC[PH+](C1CCCCC1)C1CCCCC1.[CH2-]CP.[CH2-]Cc1ccccn1.[Ni+2].[Ni+2].[Ni+2].[Ni+2].[Ni+2].[Ni].c1ccc(-c2ccccn2)nc1. The van der Waals surface area contributed by atoms with Crippen molar-refractivity contribution in [1.29, 1.82) is 0 Å². The summed E-state index contributed by atoms with van der Waals surface area (Å²) in [5.74, 6) is 0.861. The van der Waals surface area contributed by atoms with E-state index in [1.54, 1.807) is 44.3 Å². The fourth-order valence-corrected chi connectivity index (χ4v) is 10.1. The third-order valence-electron chi connectivity index (χ3n) is 16.4. The standard InChI is InChI=1S/C15H28P.C10H8N2.3C8H18.C7H8N.6C4H7O.C4H10P.C3H8P.C2H6P.6Ni/c1-2-13-16(14-9-5-3-6-10-14)15-11-7-4-8-12-15;1-3-7-11-9(5-1)10-6-2-4-8-12-10;3*1-7(2,3)8(4,5)6;1-2-7-5-3-4-6-8-7;6*1-3-4(2)5;1-2-3-4-5;1-2-3-4;1-2-3;;;;;;/h14-15H,1-13H2;1-8H;3*1-6H3;3-6H,1-2H2;6*5H,1-3H2;1-5H2;1-4H2;1-3H2;;;;;;/q-1;;;;;10*-1;;5*+2/p+1. The van der Waals surface area contributed by atoms with Crippen LogP contribution in [0.5, 0.6) is 0 Å². The number of hydrogen-bond donors (Lipinski definition) is 6. The molecular weight excluding hydrogens is 1680 g/mol. The Hall–Kier alpha value is -0.629. The van der Waals surface area contributed by atoms with Crippen molar-refractivity contribution >= 4 is 35.6 Å². The summed E-state index contributed by atoms with van der Waals surface area (Å²) in [5.41, 5.74) is 7.84. The van der Waals surface area contributed by atoms with E-state index >= 15 is 0 Å². The monoisotopic (exact) mass is 1840 g/mol. The summed E-state index contributed by atoms with van der Waals surface area (Å²) in [5, 5.41) is 48.6. The predicted molar refractivity (Wildman–Crippen MR) is 479 cm³/mol. The van der Waals surface area contributed by atoms with Crippen molar-refractivity contribution in [3.8, 4) is 11.4 Å². The van der Waals surface area contributed by atoms with Gasteiger partial charge in [0.05, 0.1) is 57.3 Å². The normalized spacial score (nSPS) is 11.5. The molecule has 0 spiro atoms. The van der Waals surface area contributed by atoms with E-state index in [0.717, 1.165) is 48.7 Å². The maximum Gasteiger partial charge on any atom is 2.00 e. The number of aliphatic hydroxyl groups excluding tert-OH is 6. The van der Waals surface area contributed by atoms with Crippen LogP contribution in [-0.4, -0.2) is 81.6 Å². The number of aromatic nitrogens is 3. The van der Waals surface area contributed by atoms with Gasteiger partial charge in [-0.3, -0.25) is 15.0 Å². The second-order valence-corrected chi connectivity index (χ2v) is 35.2. The van der Waals surface area contributed by atoms with Crippen molar-refractivity contribution in [3.63, 3.8) is 0 Å². The van der Waals surface area contributed by atoms with Gasteiger partial charge in [0.15, 0.2) is 0 Å². The number of rotatable bonds is 15. The number of nitrogens with zero attached hydrogens (tertiary/aromatic N) is 3. The Morgan fingerprint density at radius 2 is 0.583 bits per heavy atom. The molecule has 0 saturated heterocycles. The Kier molecular flexibility index (Phi) is 128. The maximum absolute atomic E-state index is 8.10. The molecule has 3 aromatic heterocycles. The third kappa shape index (κ3) is 119. The van der Waals surface area contributed by atoms with Gasteiger partial charge >= 0.3 is 82.5 Å². The van der Waals surface area contributed by atoms with Gasteiger partial charge in [-0.15, -0.1) is 69.8 Å². The van der Waals surface area contributed by atoms with Crippen LogP contribution in [0, 0.1) is 109 Å². The first-order valence-electron chi connectivity index (χ1n) is 36.5. The minimum Gasteiger partial charge on any atom is -0.516 e. The van der Waals surface area contributed by atoms with Gasteiger partial charge in [-0.05, 0) is 126 Å². The quantitative estimate of drug-likeness (QED) is 0.0377. The molecule has 0 bridgehead atoms. The first-order valence-corrected chi connectivity index (χ1v) is 40.8. The van der Waals surface area contributed by atoms with E-state index in [9.17, 15) is 0 Å². The first kappa shape index (κ1) is 146. The largest absolute Gasteiger partial charge is 2.00 e. The summed E-state index contributed by atoms with van der Waals surface area (Å²) in [6.07, 6.45) is 33.3. The molecular formula is C89H165N3Ni6O6P4. The van der Waals surface area contributed by atoms with E-state index in [1.165, 1.54) is 75.0 Å². The zero-order chi connectivity index (χ0) is 82.2. The number of unbranched alkanes of at least 4 members (excludes halogenated alkanes) is 1. The molecule has 3 atom stereocenters. The molecule has 3 aromatic rings. The van der Waals surface area contributed by atoms with Gasteiger partial charge < -0.3 is 107 Å². The Bertz CT molecular complexity index is 2050. The van der Waals surface area contributed by atoms with Crippen molar-refractivity contribution < 1.29 is 130 Å². The van der Waals surface area contributed by atoms with Gasteiger partial charge in [0.25, 0.3) is 0 Å². The summed E-state index contributed by atoms with van der Waals surface area (Å²) in [6.45, 7) is 98.4. The molecule has 9 nitrogen and oxygen atoms in total. The molecule has 0 radical (unpaired) electrons. The van der Waals surface area contributed by atoms with Gasteiger partial charge in [-0.25, -0.2) is 0 Å². The van der Waals surface area contributed by atoms with Gasteiger partial charge in [-0.1, -0.05) is 208 Å². The van der Waals surface area contributed by atoms with Gasteiger partial charge in [0.1, 0.15) is 0 Å². The van der Waals surface area contributed by atoms with E-state index in [-0.39, 0.29) is 141 Å². The fourth-order valence-electron chi connectivity index (χ4n) is 5.61. The summed E-state index contributed by atoms with van der Waals surface area (Å²) >= 11 is 0. The number of pyridine rings is 3. The Labute approximate surface area is 742 Å². The second-order valence-electron chi connectivity index (χ2n) is 30.2. The fraction of sp³-hybridized carbons (Fsp3) is 0.573. The smallest absolute Gasteiger partial charge is 0.516 e. The molecule has 2 aliphatic carbocycles. The topological polar surface area (TPSA) is 160 Å². The van der Waals surface area contributed by atoms with Crippen LogP contribution in [0.4, 0.5) is 0 Å². The zero-order valence-corrected chi connectivity index (χ0v) is 81.8. The molecule has 2 fully saturated rings. The Balaban J connectivity index is -0.0000000611. The van der Waals surface area contributed by atoms with Crippen LogP contribution in [0.3, 0.4) is 0 Å². The molecule has 0 amide bonds. The molecule has 2 aliphatic rings. The summed E-state index contributed by atoms with van der Waals surface area (Å²) in [6, 6.07) is 17.4. The molecule has 5 rings (SSSR count). The van der Waals surface area contributed by atoms with Crippen LogP contribution in [0.2, 0.25) is 0 Å². The van der Waals surface area contributed by atoms with Crippen LogP contribution in [-0.2, 0) is 105 Å². The molecule has 3 heterocycles. The molecule has 652 valence electrons. The van der Waals surface area contributed by atoms with Crippen LogP contribution in [0.15, 0.2) is 147 Å². The molecule has 108 heavy (non-hydrogen) atoms. The number of hydrogen-bond acceptors (Lipinski definition) is 9. The number of allylic oxidation sites excluding steroid dienone is 6. The van der Waals surface area contributed by atoms with Gasteiger partial charge in [-0.2, -0.15) is 28.2 Å². The average molecular weight is 1850 g/mol. The van der Waals surface area contributed by atoms with Crippen molar-refractivity contribution in [3.05, 3.63) is 229 Å². The molecule has 3 unspecified atom stereocenters. The minimum absolute atomic E-state index is 0. The zero-order valence-electron chi connectivity index (χ0n) is 71.4. The summed E-state index contributed by atoms with van der Waals surface area (Å²) in [7, 11) is 7.66. The van der Waals surface area contributed by atoms with Crippen LogP contribution >= 0.6 is 35.6 Å². The first-order chi connectivity index (χ1) is 46.9. The van der Waals surface area contributed by atoms with Crippen molar-refractivity contribution in [1.82, 2.24) is 15.0 Å². The molecule has 6 N–H and O–H groups in total. The average Bonchev–Trinajstić information content (AvgIpc) is 0.870. The van der Waals surface area contributed by atoms with E-state index < -0.39 is 0 Å². The van der Waals surface area contributed by atoms with Crippen LogP contribution < -0.4 is 0 Å². The van der Waals surface area contributed by atoms with Crippen LogP contribution in [0.25, 0.3) is 11.4 Å². The molecule has 19 heteroatoms. The van der Waals surface area contributed by atoms with Gasteiger partial charge in [0, 0.05) is 54.9 Å². The second kappa shape index (κ2) is 95.2. The molecule has 0 aromatic carbocycles. The van der Waals surface area contributed by atoms with Gasteiger partial charge in [0.2, 0.25) is 0 Å². The Morgan fingerprint density at radius 3 is 0.694 bits per heavy atom. The van der Waals surface area contributed by atoms with Crippen molar-refractivity contribution in [2.75, 3.05) is 24.6 Å². The molecule has 2 saturated carbocycles. The van der Waals surface area contributed by atoms with E-state index in [1.807, 2.05) is 54.6 Å². The third-order valence-corrected chi connectivity index (χ3v) is 21.4. The summed E-state index contributed by atoms with van der Waals surface area (Å²) in [4.78, 5) is 12.4. The summed E-state index contributed by atoms with van der Waals surface area (Å²) < 4.78 is 0.